The Bertz CT molecular complexity index is 595. The molecule has 1 aromatic heterocycles. The molecular formula is C16H23ClN2O2. The van der Waals surface area contributed by atoms with Crippen LogP contribution in [-0.4, -0.2) is 29.4 Å². The molecule has 5 heteroatoms. The standard InChI is InChI=1S/C16H23ClN2O2/c1-11(2)21-14-7-5-6-13-16(14)18-15(10-17)19(13)12(3)8-9-20-4/h5-7,11-12H,8-10H2,1-4H3. The molecule has 0 N–H and O–H groups in total. The fourth-order valence-corrected chi connectivity index (χ4v) is 2.68. The molecule has 0 aliphatic carbocycles. The molecule has 4 nitrogen and oxygen atoms in total. The number of rotatable bonds is 7. The summed E-state index contributed by atoms with van der Waals surface area (Å²) in [4.78, 5) is 4.68. The molecule has 0 saturated carbocycles. The van der Waals surface area contributed by atoms with E-state index in [1.807, 2.05) is 26.0 Å². The van der Waals surface area contributed by atoms with E-state index in [2.05, 4.69) is 22.5 Å². The van der Waals surface area contributed by atoms with Crippen LogP contribution < -0.4 is 4.74 Å². The van der Waals surface area contributed by atoms with E-state index in [4.69, 9.17) is 21.1 Å². The molecule has 0 fully saturated rings. The number of alkyl halides is 1. The number of fused-ring (bicyclic) bond motifs is 1. The molecule has 21 heavy (non-hydrogen) atoms. The Morgan fingerprint density at radius 1 is 1.29 bits per heavy atom. The van der Waals surface area contributed by atoms with Gasteiger partial charge in [-0.05, 0) is 39.3 Å². The van der Waals surface area contributed by atoms with Gasteiger partial charge < -0.3 is 14.0 Å². The first kappa shape index (κ1) is 16.1. The van der Waals surface area contributed by atoms with Crippen molar-refractivity contribution >= 4 is 22.6 Å². The molecule has 0 aliphatic heterocycles. The van der Waals surface area contributed by atoms with E-state index >= 15 is 0 Å². The van der Waals surface area contributed by atoms with E-state index in [1.54, 1.807) is 7.11 Å². The second-order valence-electron chi connectivity index (χ2n) is 5.45. The van der Waals surface area contributed by atoms with Crippen LogP contribution in [0.2, 0.25) is 0 Å². The average molecular weight is 311 g/mol. The Morgan fingerprint density at radius 2 is 2.05 bits per heavy atom. The quantitative estimate of drug-likeness (QED) is 0.720. The van der Waals surface area contributed by atoms with Crippen molar-refractivity contribution in [2.24, 2.45) is 0 Å². The summed E-state index contributed by atoms with van der Waals surface area (Å²) in [6.45, 7) is 6.90. The predicted octanol–water partition coefficient (Wildman–Crippen LogP) is 4.16. The predicted molar refractivity (Wildman–Crippen MR) is 86.3 cm³/mol. The molecule has 2 rings (SSSR count). The number of benzene rings is 1. The summed E-state index contributed by atoms with van der Waals surface area (Å²) in [6.07, 6.45) is 1.03. The molecule has 0 amide bonds. The van der Waals surface area contributed by atoms with Crippen LogP contribution in [0.25, 0.3) is 11.0 Å². The van der Waals surface area contributed by atoms with Gasteiger partial charge in [0.05, 0.1) is 17.5 Å². The summed E-state index contributed by atoms with van der Waals surface area (Å²) in [7, 11) is 1.72. The second-order valence-corrected chi connectivity index (χ2v) is 5.72. The smallest absolute Gasteiger partial charge is 0.147 e. The van der Waals surface area contributed by atoms with Gasteiger partial charge in [0.2, 0.25) is 0 Å². The fraction of sp³-hybridized carbons (Fsp3) is 0.562. The Hall–Kier alpha value is -1.26. The summed E-state index contributed by atoms with van der Waals surface area (Å²) in [5.41, 5.74) is 1.94. The molecule has 1 heterocycles. The summed E-state index contributed by atoms with van der Waals surface area (Å²) in [6, 6.07) is 6.30. The van der Waals surface area contributed by atoms with Crippen LogP contribution in [0.1, 0.15) is 39.1 Å². The normalized spacial score (nSPS) is 13.0. The van der Waals surface area contributed by atoms with Crippen molar-refractivity contribution in [2.45, 2.75) is 45.2 Å². The van der Waals surface area contributed by atoms with Gasteiger partial charge in [0.15, 0.2) is 0 Å². The first-order valence-corrected chi connectivity index (χ1v) is 7.83. The number of imidazole rings is 1. The Labute approximate surface area is 131 Å². The number of nitrogens with zero attached hydrogens (tertiary/aromatic N) is 2. The molecule has 0 radical (unpaired) electrons. The number of methoxy groups -OCH3 is 1. The van der Waals surface area contributed by atoms with E-state index in [1.165, 1.54) is 0 Å². The minimum Gasteiger partial charge on any atom is -0.489 e. The van der Waals surface area contributed by atoms with E-state index in [-0.39, 0.29) is 12.1 Å². The molecule has 0 aliphatic rings. The summed E-state index contributed by atoms with van der Waals surface area (Å²) < 4.78 is 13.2. The van der Waals surface area contributed by atoms with Crippen LogP contribution >= 0.6 is 11.6 Å². The summed E-state index contributed by atoms with van der Waals surface area (Å²) in [5, 5.41) is 0. The highest BCUT2D eigenvalue weighted by Gasteiger charge is 2.18. The van der Waals surface area contributed by atoms with Crippen molar-refractivity contribution in [1.29, 1.82) is 0 Å². The van der Waals surface area contributed by atoms with Crippen LogP contribution in [0.15, 0.2) is 18.2 Å². The lowest BCUT2D eigenvalue weighted by Gasteiger charge is -2.17. The number of ether oxygens (including phenoxy) is 2. The average Bonchev–Trinajstić information content (AvgIpc) is 2.84. The molecule has 1 atom stereocenters. The lowest BCUT2D eigenvalue weighted by Crippen LogP contribution is -2.10. The van der Waals surface area contributed by atoms with Gasteiger partial charge in [0.1, 0.15) is 17.1 Å². The van der Waals surface area contributed by atoms with Crippen LogP contribution in [0.3, 0.4) is 0 Å². The fourth-order valence-electron chi connectivity index (χ4n) is 2.49. The highest BCUT2D eigenvalue weighted by atomic mass is 35.5. The number of hydrogen-bond donors (Lipinski definition) is 0. The van der Waals surface area contributed by atoms with Gasteiger partial charge in [-0.2, -0.15) is 0 Å². The van der Waals surface area contributed by atoms with Crippen molar-refractivity contribution in [2.75, 3.05) is 13.7 Å². The van der Waals surface area contributed by atoms with Crippen LogP contribution in [0.4, 0.5) is 0 Å². The van der Waals surface area contributed by atoms with Gasteiger partial charge in [-0.25, -0.2) is 4.98 Å². The lowest BCUT2D eigenvalue weighted by atomic mass is 10.2. The maximum atomic E-state index is 6.08. The molecule has 2 aromatic rings. The second kappa shape index (κ2) is 7.14. The molecule has 0 saturated heterocycles. The van der Waals surface area contributed by atoms with E-state index < -0.39 is 0 Å². The van der Waals surface area contributed by atoms with E-state index in [9.17, 15) is 0 Å². The van der Waals surface area contributed by atoms with E-state index in [0.717, 1.165) is 29.0 Å². The maximum absolute atomic E-state index is 6.08. The summed E-state index contributed by atoms with van der Waals surface area (Å²) >= 11 is 6.08. The highest BCUT2D eigenvalue weighted by molar-refractivity contribution is 6.16. The van der Waals surface area contributed by atoms with Gasteiger partial charge in [-0.3, -0.25) is 0 Å². The maximum Gasteiger partial charge on any atom is 0.147 e. The van der Waals surface area contributed by atoms with Crippen LogP contribution in [0, 0.1) is 0 Å². The lowest BCUT2D eigenvalue weighted by molar-refractivity contribution is 0.181. The number of para-hydroxylation sites is 1. The molecule has 116 valence electrons. The highest BCUT2D eigenvalue weighted by Crippen LogP contribution is 2.30. The minimum absolute atomic E-state index is 0.117. The zero-order valence-corrected chi connectivity index (χ0v) is 13.9. The molecule has 0 spiro atoms. The number of aromatic nitrogens is 2. The van der Waals surface area contributed by atoms with Crippen LogP contribution in [0.5, 0.6) is 5.75 Å². The third kappa shape index (κ3) is 3.50. The molecule has 1 unspecified atom stereocenters. The third-order valence-corrected chi connectivity index (χ3v) is 3.66. The van der Waals surface area contributed by atoms with Crippen molar-refractivity contribution in [1.82, 2.24) is 9.55 Å². The monoisotopic (exact) mass is 310 g/mol. The Kier molecular flexibility index (Phi) is 5.48. The van der Waals surface area contributed by atoms with Crippen molar-refractivity contribution in [3.8, 4) is 5.75 Å². The SMILES string of the molecule is COCCC(C)n1c(CCl)nc2c(OC(C)C)cccc21. The van der Waals surface area contributed by atoms with E-state index in [0.29, 0.717) is 12.5 Å². The van der Waals surface area contributed by atoms with Crippen molar-refractivity contribution in [3.63, 3.8) is 0 Å². The zero-order valence-electron chi connectivity index (χ0n) is 13.1. The Morgan fingerprint density at radius 3 is 2.67 bits per heavy atom. The summed E-state index contributed by atoms with van der Waals surface area (Å²) in [5.74, 6) is 2.06. The van der Waals surface area contributed by atoms with Gasteiger partial charge in [0, 0.05) is 19.8 Å². The van der Waals surface area contributed by atoms with Crippen molar-refractivity contribution in [3.05, 3.63) is 24.0 Å². The van der Waals surface area contributed by atoms with Gasteiger partial charge in [-0.1, -0.05) is 6.07 Å². The van der Waals surface area contributed by atoms with Crippen LogP contribution in [-0.2, 0) is 10.6 Å². The van der Waals surface area contributed by atoms with Gasteiger partial charge in [0.25, 0.3) is 0 Å². The topological polar surface area (TPSA) is 36.3 Å². The molecular weight excluding hydrogens is 288 g/mol. The largest absolute Gasteiger partial charge is 0.489 e. The Balaban J connectivity index is 2.48. The third-order valence-electron chi connectivity index (χ3n) is 3.42. The number of halogens is 1. The first-order chi connectivity index (χ1) is 10.1. The van der Waals surface area contributed by atoms with Gasteiger partial charge >= 0.3 is 0 Å². The first-order valence-electron chi connectivity index (χ1n) is 7.29. The van der Waals surface area contributed by atoms with Crippen molar-refractivity contribution < 1.29 is 9.47 Å². The number of hydrogen-bond acceptors (Lipinski definition) is 3. The van der Waals surface area contributed by atoms with Gasteiger partial charge in [-0.15, -0.1) is 11.6 Å². The molecule has 1 aromatic carbocycles. The molecule has 0 bridgehead atoms. The zero-order chi connectivity index (χ0) is 15.4. The minimum atomic E-state index is 0.117.